The second-order valence-corrected chi connectivity index (χ2v) is 7.11. The fourth-order valence-corrected chi connectivity index (χ4v) is 3.25. The van der Waals surface area contributed by atoms with Gasteiger partial charge in [0.15, 0.2) is 0 Å². The lowest BCUT2D eigenvalue weighted by atomic mass is 10.1. The highest BCUT2D eigenvalue weighted by molar-refractivity contribution is 5.75. The van der Waals surface area contributed by atoms with Gasteiger partial charge in [0.05, 0.1) is 45.6 Å². The highest BCUT2D eigenvalue weighted by atomic mass is 16.4. The Labute approximate surface area is 162 Å². The molecule has 0 spiro atoms. The van der Waals surface area contributed by atoms with Crippen molar-refractivity contribution in [2.45, 2.75) is 64.7 Å². The minimum Gasteiger partial charge on any atom is -0.481 e. The third-order valence-corrected chi connectivity index (χ3v) is 4.79. The molecule has 0 heterocycles. The van der Waals surface area contributed by atoms with Crippen LogP contribution in [0, 0.1) is 0 Å². The van der Waals surface area contributed by atoms with Crippen LogP contribution in [0.5, 0.6) is 0 Å². The van der Waals surface area contributed by atoms with Gasteiger partial charge in [-0.05, 0) is 6.42 Å². The summed E-state index contributed by atoms with van der Waals surface area (Å²) in [6, 6.07) is 0. The lowest BCUT2D eigenvalue weighted by Gasteiger charge is -2.38. The standard InChI is InChI=1S/C19H36N2O6/c1-2-3-4-5-8-17(23)20-11-14-21(15-16-22,12-6-9-18(24)25)13-7-10-19(26)27/h22H,2-16H2,1H3,(H2-,20,23,24,25,26,27)/p+1. The van der Waals surface area contributed by atoms with Crippen LogP contribution < -0.4 is 5.32 Å². The van der Waals surface area contributed by atoms with Crippen LogP contribution in [-0.2, 0) is 14.4 Å². The van der Waals surface area contributed by atoms with Gasteiger partial charge in [0.1, 0.15) is 6.54 Å². The Bertz CT molecular complexity index is 422. The number of quaternary nitrogens is 1. The molecule has 0 aliphatic rings. The predicted octanol–water partition coefficient (Wildman–Crippen LogP) is 1.61. The van der Waals surface area contributed by atoms with Gasteiger partial charge in [-0.25, -0.2) is 0 Å². The number of aliphatic hydroxyl groups is 1. The monoisotopic (exact) mass is 389 g/mol. The van der Waals surface area contributed by atoms with Crippen LogP contribution in [0.15, 0.2) is 0 Å². The Morgan fingerprint density at radius 2 is 1.37 bits per heavy atom. The summed E-state index contributed by atoms with van der Waals surface area (Å²) in [4.78, 5) is 33.5. The summed E-state index contributed by atoms with van der Waals surface area (Å²) < 4.78 is 0.424. The summed E-state index contributed by atoms with van der Waals surface area (Å²) in [5.74, 6) is -1.74. The van der Waals surface area contributed by atoms with Crippen molar-refractivity contribution in [2.75, 3.05) is 39.3 Å². The van der Waals surface area contributed by atoms with Crippen molar-refractivity contribution in [3.63, 3.8) is 0 Å². The number of aliphatic hydroxyl groups excluding tert-OH is 1. The average molecular weight is 390 g/mol. The van der Waals surface area contributed by atoms with E-state index in [0.29, 0.717) is 56.5 Å². The van der Waals surface area contributed by atoms with Crippen LogP contribution in [0.3, 0.4) is 0 Å². The molecule has 4 N–H and O–H groups in total. The Hall–Kier alpha value is -1.67. The molecule has 0 aliphatic heterocycles. The van der Waals surface area contributed by atoms with Crippen LogP contribution in [0.4, 0.5) is 0 Å². The fourth-order valence-electron chi connectivity index (χ4n) is 3.25. The molecule has 0 saturated carbocycles. The number of hydrogen-bond donors (Lipinski definition) is 4. The van der Waals surface area contributed by atoms with Gasteiger partial charge in [-0.3, -0.25) is 14.4 Å². The molecule has 0 radical (unpaired) electrons. The first kappa shape index (κ1) is 25.3. The molecule has 0 aromatic carbocycles. The van der Waals surface area contributed by atoms with Gasteiger partial charge >= 0.3 is 11.9 Å². The van der Waals surface area contributed by atoms with E-state index in [0.717, 1.165) is 25.7 Å². The Kier molecular flexibility index (Phi) is 14.4. The first-order valence-corrected chi connectivity index (χ1v) is 10.0. The van der Waals surface area contributed by atoms with Crippen LogP contribution >= 0.6 is 0 Å². The van der Waals surface area contributed by atoms with Gasteiger partial charge in [-0.15, -0.1) is 0 Å². The maximum absolute atomic E-state index is 11.9. The summed E-state index contributed by atoms with van der Waals surface area (Å²) in [5.41, 5.74) is 0. The van der Waals surface area contributed by atoms with Crippen LogP contribution in [-0.4, -0.2) is 77.0 Å². The molecule has 8 nitrogen and oxygen atoms in total. The van der Waals surface area contributed by atoms with Crippen molar-refractivity contribution in [3.05, 3.63) is 0 Å². The van der Waals surface area contributed by atoms with Gasteiger partial charge < -0.3 is 25.1 Å². The van der Waals surface area contributed by atoms with E-state index in [1.54, 1.807) is 0 Å². The molecule has 0 aromatic rings. The maximum atomic E-state index is 11.9. The number of hydrogen-bond acceptors (Lipinski definition) is 4. The summed E-state index contributed by atoms with van der Waals surface area (Å²) in [6.07, 6.45) is 5.62. The Morgan fingerprint density at radius 1 is 0.778 bits per heavy atom. The zero-order valence-electron chi connectivity index (χ0n) is 16.6. The molecule has 1 amide bonds. The van der Waals surface area contributed by atoms with Gasteiger partial charge in [-0.1, -0.05) is 26.2 Å². The predicted molar refractivity (Wildman–Crippen MR) is 102 cm³/mol. The highest BCUT2D eigenvalue weighted by Gasteiger charge is 2.27. The number of unbranched alkanes of at least 4 members (excludes halogenated alkanes) is 3. The SMILES string of the molecule is CCCCCCC(=O)NCC[N+](CCO)(CCCC(=O)O)CCCC(=O)O. The second-order valence-electron chi connectivity index (χ2n) is 7.11. The van der Waals surface area contributed by atoms with E-state index < -0.39 is 11.9 Å². The van der Waals surface area contributed by atoms with Crippen molar-refractivity contribution in [1.29, 1.82) is 0 Å². The van der Waals surface area contributed by atoms with Gasteiger partial charge in [-0.2, -0.15) is 0 Å². The number of carbonyl (C=O) groups is 3. The second kappa shape index (κ2) is 15.4. The number of rotatable bonds is 18. The quantitative estimate of drug-likeness (QED) is 0.209. The van der Waals surface area contributed by atoms with Crippen molar-refractivity contribution < 1.29 is 34.2 Å². The molecule has 0 saturated heterocycles. The zero-order chi connectivity index (χ0) is 20.5. The number of amides is 1. The summed E-state index contributed by atoms with van der Waals surface area (Å²) in [7, 11) is 0. The minimum absolute atomic E-state index is 0.00396. The molecule has 0 fully saturated rings. The number of carboxylic acid groups (broad SMARTS) is 2. The molecule has 0 unspecified atom stereocenters. The first-order valence-electron chi connectivity index (χ1n) is 10.0. The van der Waals surface area contributed by atoms with E-state index in [9.17, 15) is 19.5 Å². The maximum Gasteiger partial charge on any atom is 0.303 e. The lowest BCUT2D eigenvalue weighted by Crippen LogP contribution is -2.54. The molecular weight excluding hydrogens is 352 g/mol. The molecule has 0 rings (SSSR count). The number of nitrogens with one attached hydrogen (secondary N) is 1. The molecule has 0 atom stereocenters. The fraction of sp³-hybridized carbons (Fsp3) is 0.842. The smallest absolute Gasteiger partial charge is 0.303 e. The van der Waals surface area contributed by atoms with Gasteiger partial charge in [0.2, 0.25) is 5.91 Å². The van der Waals surface area contributed by atoms with Crippen molar-refractivity contribution >= 4 is 17.8 Å². The molecule has 0 aliphatic carbocycles. The van der Waals surface area contributed by atoms with E-state index in [-0.39, 0.29) is 25.4 Å². The molecule has 0 bridgehead atoms. The largest absolute Gasteiger partial charge is 0.481 e. The van der Waals surface area contributed by atoms with Gasteiger partial charge in [0, 0.05) is 19.3 Å². The topological polar surface area (TPSA) is 124 Å². The number of carboxylic acids is 2. The molecule has 158 valence electrons. The van der Waals surface area contributed by atoms with Crippen molar-refractivity contribution in [2.24, 2.45) is 0 Å². The zero-order valence-corrected chi connectivity index (χ0v) is 16.6. The molecule has 27 heavy (non-hydrogen) atoms. The van der Waals surface area contributed by atoms with Crippen LogP contribution in [0.2, 0.25) is 0 Å². The average Bonchev–Trinajstić information content (AvgIpc) is 2.58. The minimum atomic E-state index is -0.872. The van der Waals surface area contributed by atoms with Crippen molar-refractivity contribution in [1.82, 2.24) is 5.32 Å². The van der Waals surface area contributed by atoms with E-state index >= 15 is 0 Å². The number of carbonyl (C=O) groups excluding carboxylic acids is 1. The number of nitrogens with zero attached hydrogens (tertiary/aromatic N) is 1. The summed E-state index contributed by atoms with van der Waals surface area (Å²) in [6.45, 7) is 4.55. The van der Waals surface area contributed by atoms with E-state index in [1.807, 2.05) is 0 Å². The first-order chi connectivity index (χ1) is 12.8. The van der Waals surface area contributed by atoms with Crippen molar-refractivity contribution in [3.8, 4) is 0 Å². The third-order valence-electron chi connectivity index (χ3n) is 4.79. The molecule has 0 aromatic heterocycles. The van der Waals surface area contributed by atoms with Gasteiger partial charge in [0.25, 0.3) is 0 Å². The normalized spacial score (nSPS) is 11.3. The summed E-state index contributed by atoms with van der Waals surface area (Å²) in [5, 5.41) is 30.1. The summed E-state index contributed by atoms with van der Waals surface area (Å²) >= 11 is 0. The highest BCUT2D eigenvalue weighted by Crippen LogP contribution is 2.12. The van der Waals surface area contributed by atoms with E-state index in [1.165, 1.54) is 0 Å². The lowest BCUT2D eigenvalue weighted by molar-refractivity contribution is -0.927. The Morgan fingerprint density at radius 3 is 1.85 bits per heavy atom. The van der Waals surface area contributed by atoms with Crippen LogP contribution in [0.1, 0.15) is 64.7 Å². The third kappa shape index (κ3) is 14.1. The Balaban J connectivity index is 4.60. The van der Waals surface area contributed by atoms with Crippen LogP contribution in [0.25, 0.3) is 0 Å². The van der Waals surface area contributed by atoms with E-state index in [2.05, 4.69) is 12.2 Å². The number of aliphatic carboxylic acids is 2. The van der Waals surface area contributed by atoms with E-state index in [4.69, 9.17) is 10.2 Å². The molecule has 8 heteroatoms. The molecular formula is C19H37N2O6+.